The highest BCUT2D eigenvalue weighted by Gasteiger charge is 2.33. The van der Waals surface area contributed by atoms with Gasteiger partial charge in [-0.25, -0.2) is 0 Å². The number of amides is 1. The van der Waals surface area contributed by atoms with E-state index in [1.807, 2.05) is 0 Å². The Morgan fingerprint density at radius 1 is 1.33 bits per heavy atom. The Morgan fingerprint density at radius 2 is 1.87 bits per heavy atom. The van der Waals surface area contributed by atoms with Gasteiger partial charge < -0.3 is 16.8 Å². The quantitative estimate of drug-likeness (QED) is 0.630. The monoisotopic (exact) mass is 205 g/mol. The summed E-state index contributed by atoms with van der Waals surface area (Å²) >= 11 is 0. The van der Waals surface area contributed by atoms with Crippen molar-refractivity contribution in [2.45, 2.75) is 19.4 Å². The van der Waals surface area contributed by atoms with Crippen LogP contribution in [-0.4, -0.2) is 11.9 Å². The third-order valence-corrected chi connectivity index (χ3v) is 2.67. The van der Waals surface area contributed by atoms with Crippen molar-refractivity contribution in [3.05, 3.63) is 23.8 Å². The summed E-state index contributed by atoms with van der Waals surface area (Å²) in [7, 11) is 0. The second kappa shape index (κ2) is 3.46. The maximum Gasteiger partial charge on any atom is 0.251 e. The maximum atomic E-state index is 11.7. The fourth-order valence-electron chi connectivity index (χ4n) is 1.58. The molecule has 1 aliphatic carbocycles. The van der Waals surface area contributed by atoms with Crippen molar-refractivity contribution in [1.29, 1.82) is 0 Å². The fourth-order valence-corrected chi connectivity index (χ4v) is 1.58. The average Bonchev–Trinajstić information content (AvgIpc) is 2.79. The molecule has 0 aliphatic heterocycles. The van der Waals surface area contributed by atoms with Crippen LogP contribution in [0.3, 0.4) is 0 Å². The van der Waals surface area contributed by atoms with Gasteiger partial charge in [0.05, 0.1) is 0 Å². The molecule has 0 bridgehead atoms. The zero-order valence-electron chi connectivity index (χ0n) is 8.66. The molecule has 0 saturated heterocycles. The lowest BCUT2D eigenvalue weighted by Crippen LogP contribution is -2.26. The van der Waals surface area contributed by atoms with E-state index in [1.165, 1.54) is 0 Å². The van der Waals surface area contributed by atoms with Crippen LogP contribution in [0.2, 0.25) is 0 Å². The van der Waals surface area contributed by atoms with Crippen LogP contribution in [0.1, 0.15) is 23.7 Å². The normalized spacial score (nSPS) is 23.5. The van der Waals surface area contributed by atoms with Gasteiger partial charge in [-0.3, -0.25) is 4.79 Å². The molecule has 2 atom stereocenters. The molecule has 5 N–H and O–H groups in total. The number of hydrogen-bond donors (Lipinski definition) is 3. The molecule has 80 valence electrons. The van der Waals surface area contributed by atoms with Gasteiger partial charge in [-0.1, -0.05) is 6.92 Å². The van der Waals surface area contributed by atoms with Gasteiger partial charge in [0.1, 0.15) is 0 Å². The van der Waals surface area contributed by atoms with Crippen molar-refractivity contribution in [3.8, 4) is 0 Å². The number of carbonyl (C=O) groups excluding carboxylic acids is 1. The highest BCUT2D eigenvalue weighted by Crippen LogP contribution is 2.29. The van der Waals surface area contributed by atoms with Gasteiger partial charge in [0.25, 0.3) is 5.91 Å². The van der Waals surface area contributed by atoms with Crippen LogP contribution in [0.25, 0.3) is 0 Å². The average molecular weight is 205 g/mol. The van der Waals surface area contributed by atoms with Crippen molar-refractivity contribution in [1.82, 2.24) is 5.32 Å². The number of nitrogen functional groups attached to an aromatic ring is 2. The first-order valence-electron chi connectivity index (χ1n) is 5.03. The lowest BCUT2D eigenvalue weighted by molar-refractivity contribution is 0.0949. The highest BCUT2D eigenvalue weighted by molar-refractivity contribution is 5.96. The molecule has 1 saturated carbocycles. The first kappa shape index (κ1) is 9.83. The van der Waals surface area contributed by atoms with Crippen LogP contribution in [0, 0.1) is 5.92 Å². The zero-order valence-corrected chi connectivity index (χ0v) is 8.66. The molecule has 1 aromatic rings. The number of anilines is 2. The molecule has 0 radical (unpaired) electrons. The van der Waals surface area contributed by atoms with E-state index in [-0.39, 0.29) is 5.91 Å². The van der Waals surface area contributed by atoms with Crippen molar-refractivity contribution in [3.63, 3.8) is 0 Å². The number of carbonyl (C=O) groups is 1. The number of hydrogen-bond acceptors (Lipinski definition) is 3. The second-order valence-electron chi connectivity index (χ2n) is 4.18. The molecule has 1 fully saturated rings. The van der Waals surface area contributed by atoms with Crippen LogP contribution in [-0.2, 0) is 0 Å². The van der Waals surface area contributed by atoms with Crippen LogP contribution in [0.5, 0.6) is 0 Å². The summed E-state index contributed by atoms with van der Waals surface area (Å²) in [6, 6.07) is 5.23. The van der Waals surface area contributed by atoms with Crippen molar-refractivity contribution < 1.29 is 4.79 Å². The van der Waals surface area contributed by atoms with Gasteiger partial charge in [-0.2, -0.15) is 0 Å². The third kappa shape index (κ3) is 2.21. The van der Waals surface area contributed by atoms with Crippen LogP contribution < -0.4 is 16.8 Å². The molecule has 4 nitrogen and oxygen atoms in total. The van der Waals surface area contributed by atoms with E-state index < -0.39 is 0 Å². The molecule has 0 spiro atoms. The summed E-state index contributed by atoms with van der Waals surface area (Å²) in [5.74, 6) is 0.496. The molecule has 0 heterocycles. The standard InChI is InChI=1S/C11H15N3O/c1-6-2-10(6)14-11(15)7-3-8(12)5-9(13)4-7/h3-6,10H,2,12-13H2,1H3,(H,14,15). The maximum absolute atomic E-state index is 11.7. The molecule has 0 aromatic heterocycles. The van der Waals surface area contributed by atoms with E-state index in [2.05, 4.69) is 12.2 Å². The first-order chi connectivity index (χ1) is 7.06. The molecule has 1 aromatic carbocycles. The molecule has 2 unspecified atom stereocenters. The number of benzene rings is 1. The molecular weight excluding hydrogens is 190 g/mol. The molecular formula is C11H15N3O. The summed E-state index contributed by atoms with van der Waals surface area (Å²) in [6.45, 7) is 2.11. The van der Waals surface area contributed by atoms with Gasteiger partial charge in [-0.15, -0.1) is 0 Å². The van der Waals surface area contributed by atoms with E-state index in [0.29, 0.717) is 28.9 Å². The Bertz CT molecular complexity index is 383. The SMILES string of the molecule is CC1CC1NC(=O)c1cc(N)cc(N)c1. The Labute approximate surface area is 88.6 Å². The van der Waals surface area contributed by atoms with Crippen molar-refractivity contribution in [2.75, 3.05) is 11.5 Å². The first-order valence-corrected chi connectivity index (χ1v) is 5.03. The number of nitrogens with one attached hydrogen (secondary N) is 1. The molecule has 1 amide bonds. The topological polar surface area (TPSA) is 81.1 Å². The highest BCUT2D eigenvalue weighted by atomic mass is 16.1. The summed E-state index contributed by atoms with van der Waals surface area (Å²) in [5, 5.41) is 2.92. The lowest BCUT2D eigenvalue weighted by Gasteiger charge is -2.05. The summed E-state index contributed by atoms with van der Waals surface area (Å²) in [4.78, 5) is 11.7. The minimum atomic E-state index is -0.0941. The smallest absolute Gasteiger partial charge is 0.251 e. The van der Waals surface area contributed by atoms with Gasteiger partial charge in [-0.05, 0) is 30.5 Å². The zero-order chi connectivity index (χ0) is 11.0. The molecule has 4 heteroatoms. The van der Waals surface area contributed by atoms with Crippen LogP contribution in [0.15, 0.2) is 18.2 Å². The van der Waals surface area contributed by atoms with Gasteiger partial charge in [0.2, 0.25) is 0 Å². The molecule has 1 aliphatic rings. The fraction of sp³-hybridized carbons (Fsp3) is 0.364. The third-order valence-electron chi connectivity index (χ3n) is 2.67. The summed E-state index contributed by atoms with van der Waals surface area (Å²) < 4.78 is 0. The van der Waals surface area contributed by atoms with E-state index in [4.69, 9.17) is 11.5 Å². The number of rotatable bonds is 2. The minimum Gasteiger partial charge on any atom is -0.399 e. The predicted molar refractivity (Wildman–Crippen MR) is 60.3 cm³/mol. The largest absolute Gasteiger partial charge is 0.399 e. The lowest BCUT2D eigenvalue weighted by atomic mass is 10.1. The molecule has 15 heavy (non-hydrogen) atoms. The number of nitrogens with two attached hydrogens (primary N) is 2. The summed E-state index contributed by atoms with van der Waals surface area (Å²) in [5.41, 5.74) is 12.8. The van der Waals surface area contributed by atoms with Gasteiger partial charge in [0, 0.05) is 23.0 Å². The summed E-state index contributed by atoms with van der Waals surface area (Å²) in [6.07, 6.45) is 1.06. The predicted octanol–water partition coefficient (Wildman–Crippen LogP) is 0.989. The van der Waals surface area contributed by atoms with E-state index >= 15 is 0 Å². The minimum absolute atomic E-state index is 0.0941. The van der Waals surface area contributed by atoms with Crippen molar-refractivity contribution in [2.24, 2.45) is 5.92 Å². The van der Waals surface area contributed by atoms with Gasteiger partial charge >= 0.3 is 0 Å². The Hall–Kier alpha value is -1.71. The van der Waals surface area contributed by atoms with Crippen LogP contribution >= 0.6 is 0 Å². The van der Waals surface area contributed by atoms with E-state index in [1.54, 1.807) is 18.2 Å². The molecule has 2 rings (SSSR count). The van der Waals surface area contributed by atoms with E-state index in [0.717, 1.165) is 6.42 Å². The Kier molecular flexibility index (Phi) is 2.26. The Morgan fingerprint density at radius 3 is 2.33 bits per heavy atom. The van der Waals surface area contributed by atoms with Crippen molar-refractivity contribution >= 4 is 17.3 Å². The van der Waals surface area contributed by atoms with Crippen LogP contribution in [0.4, 0.5) is 11.4 Å². The Balaban J connectivity index is 2.11. The van der Waals surface area contributed by atoms with Gasteiger partial charge in [0.15, 0.2) is 0 Å². The van der Waals surface area contributed by atoms with E-state index in [9.17, 15) is 4.79 Å². The second-order valence-corrected chi connectivity index (χ2v) is 4.18.